The number of hydrogen-bond acceptors (Lipinski definition) is 4. The third kappa shape index (κ3) is 10.9. The normalized spacial score (nSPS) is 23.9. The monoisotopic (exact) mass is 496 g/mol. The molecule has 160 valence electrons. The van der Waals surface area contributed by atoms with Gasteiger partial charge in [0.1, 0.15) is 0 Å². The molecule has 2 saturated heterocycles. The first-order valence-corrected chi connectivity index (χ1v) is 10.7. The second-order valence-electron chi connectivity index (χ2n) is 7.58. The molecule has 0 bridgehead atoms. The molecule has 0 aromatic rings. The van der Waals surface area contributed by atoms with Gasteiger partial charge < -0.3 is 25.0 Å². The van der Waals surface area contributed by atoms with E-state index in [0.717, 1.165) is 57.8 Å². The molecule has 0 aliphatic carbocycles. The lowest BCUT2D eigenvalue weighted by Crippen LogP contribution is -2.39. The maximum absolute atomic E-state index is 5.68. The van der Waals surface area contributed by atoms with Crippen molar-refractivity contribution in [3.05, 3.63) is 0 Å². The maximum atomic E-state index is 5.68. The first-order chi connectivity index (χ1) is 12.8. The van der Waals surface area contributed by atoms with Gasteiger partial charge in [-0.1, -0.05) is 6.42 Å². The number of likely N-dealkylation sites (tertiary alicyclic amines) is 1. The highest BCUT2D eigenvalue weighted by Gasteiger charge is 2.17. The summed E-state index contributed by atoms with van der Waals surface area (Å²) in [7, 11) is 1.83. The van der Waals surface area contributed by atoms with Gasteiger partial charge in [0.15, 0.2) is 5.96 Å². The fourth-order valence-electron chi connectivity index (χ4n) is 3.73. The predicted molar refractivity (Wildman–Crippen MR) is 123 cm³/mol. The molecule has 0 aromatic heterocycles. The van der Waals surface area contributed by atoms with E-state index in [9.17, 15) is 0 Å². The number of piperidine rings is 1. The highest BCUT2D eigenvalue weighted by molar-refractivity contribution is 14.0. The van der Waals surface area contributed by atoms with E-state index in [1.54, 1.807) is 0 Å². The quantitative estimate of drug-likeness (QED) is 0.199. The largest absolute Gasteiger partial charge is 0.379 e. The number of ether oxygens (including phenoxy) is 2. The van der Waals surface area contributed by atoms with Gasteiger partial charge in [0.05, 0.1) is 12.7 Å². The van der Waals surface area contributed by atoms with Crippen LogP contribution in [0.25, 0.3) is 0 Å². The van der Waals surface area contributed by atoms with E-state index in [2.05, 4.69) is 27.4 Å². The molecule has 2 N–H and O–H groups in total. The molecule has 0 amide bonds. The Bertz CT molecular complexity index is 392. The first-order valence-electron chi connectivity index (χ1n) is 10.7. The van der Waals surface area contributed by atoms with Crippen LogP contribution in [-0.4, -0.2) is 76.1 Å². The summed E-state index contributed by atoms with van der Waals surface area (Å²) in [6.45, 7) is 9.17. The minimum Gasteiger partial charge on any atom is -0.379 e. The van der Waals surface area contributed by atoms with Crippen LogP contribution in [0.5, 0.6) is 0 Å². The van der Waals surface area contributed by atoms with Crippen LogP contribution in [0.2, 0.25) is 0 Å². The molecule has 2 rings (SSSR count). The van der Waals surface area contributed by atoms with Gasteiger partial charge in [-0.15, -0.1) is 24.0 Å². The van der Waals surface area contributed by atoms with Gasteiger partial charge in [-0.2, -0.15) is 0 Å². The molecule has 0 spiro atoms. The van der Waals surface area contributed by atoms with Crippen molar-refractivity contribution in [2.75, 3.05) is 53.0 Å². The topological polar surface area (TPSA) is 58.1 Å². The van der Waals surface area contributed by atoms with Gasteiger partial charge in [-0.05, 0) is 65.0 Å². The summed E-state index contributed by atoms with van der Waals surface area (Å²) in [5.74, 6) is 0.899. The van der Waals surface area contributed by atoms with Crippen LogP contribution in [0.1, 0.15) is 58.3 Å². The zero-order chi connectivity index (χ0) is 18.5. The van der Waals surface area contributed by atoms with Crippen molar-refractivity contribution in [1.82, 2.24) is 15.5 Å². The van der Waals surface area contributed by atoms with Gasteiger partial charge >= 0.3 is 0 Å². The summed E-state index contributed by atoms with van der Waals surface area (Å²) in [5, 5.41) is 6.78. The molecule has 2 atom stereocenters. The Kier molecular flexibility index (Phi) is 14.5. The standard InChI is InChI=1S/C20H40N4O2.HI/c1-18-9-3-5-13-24(18)14-6-4-11-22-20(21-2)23-12-8-15-25-17-19-10-7-16-26-19;/h18-19H,3-17H2,1-2H3,(H2,21,22,23);1H. The Morgan fingerprint density at radius 2 is 1.93 bits per heavy atom. The fourth-order valence-corrected chi connectivity index (χ4v) is 3.73. The SMILES string of the molecule is CN=C(NCCCCN1CCCCC1C)NCCCOCC1CCCO1.I. The summed E-state index contributed by atoms with van der Waals surface area (Å²) in [5.41, 5.74) is 0. The molecule has 2 aliphatic rings. The summed E-state index contributed by atoms with van der Waals surface area (Å²) in [4.78, 5) is 6.94. The van der Waals surface area contributed by atoms with Crippen molar-refractivity contribution in [3.63, 3.8) is 0 Å². The lowest BCUT2D eigenvalue weighted by Gasteiger charge is -2.33. The van der Waals surface area contributed by atoms with Crippen LogP contribution in [0.15, 0.2) is 4.99 Å². The third-order valence-corrected chi connectivity index (χ3v) is 5.41. The number of rotatable bonds is 11. The number of nitrogens with one attached hydrogen (secondary N) is 2. The Labute approximate surface area is 183 Å². The van der Waals surface area contributed by atoms with Crippen molar-refractivity contribution < 1.29 is 9.47 Å². The molecule has 0 radical (unpaired) electrons. The molecule has 2 heterocycles. The summed E-state index contributed by atoms with van der Waals surface area (Å²) in [6, 6.07) is 0.772. The predicted octanol–water partition coefficient (Wildman–Crippen LogP) is 3.01. The minimum atomic E-state index is 0. The summed E-state index contributed by atoms with van der Waals surface area (Å²) < 4.78 is 11.2. The average molecular weight is 496 g/mol. The second-order valence-corrected chi connectivity index (χ2v) is 7.58. The van der Waals surface area contributed by atoms with E-state index in [-0.39, 0.29) is 24.0 Å². The molecule has 27 heavy (non-hydrogen) atoms. The number of aliphatic imine (C=N–C) groups is 1. The Morgan fingerprint density at radius 3 is 2.63 bits per heavy atom. The van der Waals surface area contributed by atoms with E-state index in [1.165, 1.54) is 51.6 Å². The Morgan fingerprint density at radius 1 is 1.11 bits per heavy atom. The molecule has 2 unspecified atom stereocenters. The van der Waals surface area contributed by atoms with E-state index in [4.69, 9.17) is 9.47 Å². The molecular weight excluding hydrogens is 455 g/mol. The number of guanidine groups is 1. The third-order valence-electron chi connectivity index (χ3n) is 5.41. The maximum Gasteiger partial charge on any atom is 0.190 e. The first kappa shape index (κ1) is 24.9. The van der Waals surface area contributed by atoms with E-state index in [1.807, 2.05) is 7.05 Å². The van der Waals surface area contributed by atoms with E-state index >= 15 is 0 Å². The van der Waals surface area contributed by atoms with Gasteiger partial charge in [0.2, 0.25) is 0 Å². The van der Waals surface area contributed by atoms with Crippen molar-refractivity contribution in [2.45, 2.75) is 70.4 Å². The van der Waals surface area contributed by atoms with E-state index < -0.39 is 0 Å². The number of unbranched alkanes of at least 4 members (excludes halogenated alkanes) is 1. The lowest BCUT2D eigenvalue weighted by molar-refractivity contribution is 0.0168. The second kappa shape index (κ2) is 15.8. The van der Waals surface area contributed by atoms with Crippen LogP contribution in [-0.2, 0) is 9.47 Å². The molecule has 6 nitrogen and oxygen atoms in total. The van der Waals surface area contributed by atoms with Crippen LogP contribution < -0.4 is 10.6 Å². The van der Waals surface area contributed by atoms with Gasteiger partial charge in [0.25, 0.3) is 0 Å². The average Bonchev–Trinajstić information content (AvgIpc) is 3.17. The van der Waals surface area contributed by atoms with Crippen LogP contribution in [0.3, 0.4) is 0 Å². The zero-order valence-electron chi connectivity index (χ0n) is 17.4. The zero-order valence-corrected chi connectivity index (χ0v) is 19.7. The van der Waals surface area contributed by atoms with Gasteiger partial charge in [0, 0.05) is 39.4 Å². The van der Waals surface area contributed by atoms with Crippen molar-refractivity contribution in [1.29, 1.82) is 0 Å². The van der Waals surface area contributed by atoms with Crippen LogP contribution >= 0.6 is 24.0 Å². The van der Waals surface area contributed by atoms with Gasteiger partial charge in [-0.3, -0.25) is 4.99 Å². The van der Waals surface area contributed by atoms with Crippen LogP contribution in [0, 0.1) is 0 Å². The summed E-state index contributed by atoms with van der Waals surface area (Å²) >= 11 is 0. The molecule has 0 aromatic carbocycles. The Hall–Kier alpha value is -0.120. The van der Waals surface area contributed by atoms with Crippen molar-refractivity contribution in [3.8, 4) is 0 Å². The molecule has 0 saturated carbocycles. The molecule has 2 aliphatic heterocycles. The summed E-state index contributed by atoms with van der Waals surface area (Å²) in [6.07, 6.45) is 10.2. The fraction of sp³-hybridized carbons (Fsp3) is 0.950. The van der Waals surface area contributed by atoms with E-state index in [0.29, 0.717) is 6.10 Å². The Balaban J connectivity index is 0.00000364. The molecule has 2 fully saturated rings. The highest BCUT2D eigenvalue weighted by atomic mass is 127. The minimum absolute atomic E-state index is 0. The van der Waals surface area contributed by atoms with Crippen molar-refractivity contribution in [2.24, 2.45) is 4.99 Å². The smallest absolute Gasteiger partial charge is 0.190 e. The lowest BCUT2D eigenvalue weighted by atomic mass is 10.0. The number of hydrogen-bond donors (Lipinski definition) is 2. The molecule has 7 heteroatoms. The van der Waals surface area contributed by atoms with Crippen LogP contribution in [0.4, 0.5) is 0 Å². The van der Waals surface area contributed by atoms with Gasteiger partial charge in [-0.25, -0.2) is 0 Å². The van der Waals surface area contributed by atoms with Crippen molar-refractivity contribution >= 4 is 29.9 Å². The number of nitrogens with zero attached hydrogens (tertiary/aromatic N) is 2. The highest BCUT2D eigenvalue weighted by Crippen LogP contribution is 2.16. The number of halogens is 1. The molecular formula is C20H41IN4O2.